The smallest absolute Gasteiger partial charge is 0.222 e. The van der Waals surface area contributed by atoms with Gasteiger partial charge in [0.15, 0.2) is 0 Å². The van der Waals surface area contributed by atoms with Crippen LogP contribution in [0.5, 0.6) is 5.75 Å². The number of rotatable bonds is 6. The fourth-order valence-corrected chi connectivity index (χ4v) is 2.87. The minimum Gasteiger partial charge on any atom is -0.494 e. The zero-order valence-electron chi connectivity index (χ0n) is 14.7. The Morgan fingerprint density at radius 2 is 2.00 bits per heavy atom. The van der Waals surface area contributed by atoms with Crippen LogP contribution in [0.2, 0.25) is 0 Å². The lowest BCUT2D eigenvalue weighted by molar-refractivity contribution is -0.130. The van der Waals surface area contributed by atoms with E-state index in [1.165, 1.54) is 5.56 Å². The summed E-state index contributed by atoms with van der Waals surface area (Å²) in [6.07, 6.45) is 2.35. The molecule has 1 aromatic rings. The predicted molar refractivity (Wildman–Crippen MR) is 93.6 cm³/mol. The van der Waals surface area contributed by atoms with Gasteiger partial charge in [0.2, 0.25) is 5.91 Å². The van der Waals surface area contributed by atoms with Gasteiger partial charge in [-0.3, -0.25) is 4.79 Å². The summed E-state index contributed by atoms with van der Waals surface area (Å²) in [6.45, 7) is 9.53. The average molecular weight is 318 g/mol. The van der Waals surface area contributed by atoms with E-state index in [0.29, 0.717) is 25.5 Å². The van der Waals surface area contributed by atoms with E-state index in [4.69, 9.17) is 10.5 Å². The van der Waals surface area contributed by atoms with Crippen LogP contribution in [-0.2, 0) is 10.2 Å². The Bertz CT molecular complexity index is 505. The average Bonchev–Trinajstić information content (AvgIpc) is 3.00. The Labute approximate surface area is 140 Å². The van der Waals surface area contributed by atoms with Gasteiger partial charge in [-0.1, -0.05) is 32.9 Å². The van der Waals surface area contributed by atoms with Crippen molar-refractivity contribution in [2.75, 3.05) is 26.2 Å². The summed E-state index contributed by atoms with van der Waals surface area (Å²) >= 11 is 0. The standard InChI is InChI=1S/C19H30N2O2/c1-19(2,3)16-6-8-17(9-7-16)23-12-4-5-18(22)21-11-10-15(13-20)14-21/h6-9,15H,4-5,10-14,20H2,1-3H3. The van der Waals surface area contributed by atoms with E-state index in [2.05, 4.69) is 32.9 Å². The minimum atomic E-state index is 0.155. The molecule has 0 aliphatic carbocycles. The van der Waals surface area contributed by atoms with Crippen molar-refractivity contribution in [1.29, 1.82) is 0 Å². The first-order valence-electron chi connectivity index (χ1n) is 8.61. The molecule has 0 radical (unpaired) electrons. The maximum Gasteiger partial charge on any atom is 0.222 e. The molecule has 4 heteroatoms. The van der Waals surface area contributed by atoms with Crippen LogP contribution in [0.25, 0.3) is 0 Å². The molecule has 1 atom stereocenters. The van der Waals surface area contributed by atoms with Crippen molar-refractivity contribution in [1.82, 2.24) is 4.90 Å². The summed E-state index contributed by atoms with van der Waals surface area (Å²) in [5.41, 5.74) is 7.11. The highest BCUT2D eigenvalue weighted by Gasteiger charge is 2.24. The first kappa shape index (κ1) is 17.8. The molecule has 1 amide bonds. The number of carbonyl (C=O) groups is 1. The van der Waals surface area contributed by atoms with E-state index in [0.717, 1.165) is 31.7 Å². The summed E-state index contributed by atoms with van der Waals surface area (Å²) < 4.78 is 5.74. The molecular formula is C19H30N2O2. The number of hydrogen-bond acceptors (Lipinski definition) is 3. The number of nitrogens with two attached hydrogens (primary N) is 1. The highest BCUT2D eigenvalue weighted by Crippen LogP contribution is 2.24. The molecule has 128 valence electrons. The van der Waals surface area contributed by atoms with Crippen molar-refractivity contribution in [2.24, 2.45) is 11.7 Å². The molecule has 1 heterocycles. The van der Waals surface area contributed by atoms with Gasteiger partial charge in [0.1, 0.15) is 5.75 Å². The van der Waals surface area contributed by atoms with Crippen LogP contribution in [0.15, 0.2) is 24.3 Å². The van der Waals surface area contributed by atoms with Crippen LogP contribution in [0.3, 0.4) is 0 Å². The largest absolute Gasteiger partial charge is 0.494 e. The Balaban J connectivity index is 1.68. The molecule has 1 saturated heterocycles. The SMILES string of the molecule is CC(C)(C)c1ccc(OCCCC(=O)N2CCC(CN)C2)cc1. The molecule has 1 aliphatic heterocycles. The molecule has 1 unspecified atom stereocenters. The first-order valence-corrected chi connectivity index (χ1v) is 8.61. The normalized spacial score (nSPS) is 18.3. The van der Waals surface area contributed by atoms with Crippen LogP contribution in [0.4, 0.5) is 0 Å². The molecule has 0 bridgehead atoms. The predicted octanol–water partition coefficient (Wildman–Crippen LogP) is 2.95. The topological polar surface area (TPSA) is 55.6 Å². The van der Waals surface area contributed by atoms with Crippen molar-refractivity contribution < 1.29 is 9.53 Å². The van der Waals surface area contributed by atoms with E-state index < -0.39 is 0 Å². The van der Waals surface area contributed by atoms with Gasteiger partial charge in [-0.05, 0) is 48.4 Å². The van der Waals surface area contributed by atoms with Crippen molar-refractivity contribution in [3.05, 3.63) is 29.8 Å². The third-order valence-electron chi connectivity index (χ3n) is 4.50. The third-order valence-corrected chi connectivity index (χ3v) is 4.50. The molecule has 0 aromatic heterocycles. The first-order chi connectivity index (χ1) is 10.9. The molecule has 1 aliphatic rings. The van der Waals surface area contributed by atoms with Gasteiger partial charge in [-0.15, -0.1) is 0 Å². The Morgan fingerprint density at radius 3 is 2.57 bits per heavy atom. The van der Waals surface area contributed by atoms with E-state index in [9.17, 15) is 4.79 Å². The van der Waals surface area contributed by atoms with Gasteiger partial charge in [0.05, 0.1) is 6.61 Å². The molecular weight excluding hydrogens is 288 g/mol. The summed E-state index contributed by atoms with van der Waals surface area (Å²) in [7, 11) is 0. The Hall–Kier alpha value is -1.55. The molecule has 2 N–H and O–H groups in total. The highest BCUT2D eigenvalue weighted by atomic mass is 16.5. The quantitative estimate of drug-likeness (QED) is 0.821. The number of hydrogen-bond donors (Lipinski definition) is 1. The number of carbonyl (C=O) groups excluding carboxylic acids is 1. The zero-order chi connectivity index (χ0) is 16.9. The second-order valence-corrected chi connectivity index (χ2v) is 7.46. The summed E-state index contributed by atoms with van der Waals surface area (Å²) in [5.74, 6) is 1.58. The van der Waals surface area contributed by atoms with Gasteiger partial charge in [-0.25, -0.2) is 0 Å². The van der Waals surface area contributed by atoms with E-state index in [1.54, 1.807) is 0 Å². The van der Waals surface area contributed by atoms with Crippen molar-refractivity contribution in [2.45, 2.75) is 45.4 Å². The number of benzene rings is 1. The van der Waals surface area contributed by atoms with Crippen LogP contribution in [-0.4, -0.2) is 37.0 Å². The van der Waals surface area contributed by atoms with Crippen molar-refractivity contribution in [3.8, 4) is 5.75 Å². The second-order valence-electron chi connectivity index (χ2n) is 7.46. The van der Waals surface area contributed by atoms with Crippen LogP contribution in [0.1, 0.15) is 45.6 Å². The lowest BCUT2D eigenvalue weighted by Crippen LogP contribution is -2.29. The maximum absolute atomic E-state index is 12.1. The molecule has 0 saturated carbocycles. The van der Waals surface area contributed by atoms with Crippen molar-refractivity contribution in [3.63, 3.8) is 0 Å². The summed E-state index contributed by atoms with van der Waals surface area (Å²) in [5, 5.41) is 0. The molecule has 2 rings (SSSR count). The van der Waals surface area contributed by atoms with Crippen LogP contribution >= 0.6 is 0 Å². The van der Waals surface area contributed by atoms with Gasteiger partial charge >= 0.3 is 0 Å². The fourth-order valence-electron chi connectivity index (χ4n) is 2.87. The second kappa shape index (κ2) is 7.82. The fraction of sp³-hybridized carbons (Fsp3) is 0.632. The zero-order valence-corrected chi connectivity index (χ0v) is 14.7. The summed E-state index contributed by atoms with van der Waals surface area (Å²) in [6, 6.07) is 8.23. The highest BCUT2D eigenvalue weighted by molar-refractivity contribution is 5.76. The molecule has 1 fully saturated rings. The number of nitrogens with zero attached hydrogens (tertiary/aromatic N) is 1. The van der Waals surface area contributed by atoms with Crippen LogP contribution < -0.4 is 10.5 Å². The van der Waals surface area contributed by atoms with E-state index in [-0.39, 0.29) is 11.3 Å². The summed E-state index contributed by atoms with van der Waals surface area (Å²) in [4.78, 5) is 14.0. The molecule has 23 heavy (non-hydrogen) atoms. The molecule has 4 nitrogen and oxygen atoms in total. The van der Waals surface area contributed by atoms with Crippen molar-refractivity contribution >= 4 is 5.91 Å². The van der Waals surface area contributed by atoms with Gasteiger partial charge in [0, 0.05) is 19.5 Å². The maximum atomic E-state index is 12.1. The molecule has 1 aromatic carbocycles. The van der Waals surface area contributed by atoms with Crippen LogP contribution in [0, 0.1) is 5.92 Å². The van der Waals surface area contributed by atoms with E-state index in [1.807, 2.05) is 17.0 Å². The third kappa shape index (κ3) is 5.24. The number of likely N-dealkylation sites (tertiary alicyclic amines) is 1. The van der Waals surface area contributed by atoms with Gasteiger partial charge < -0.3 is 15.4 Å². The monoisotopic (exact) mass is 318 g/mol. The Morgan fingerprint density at radius 1 is 1.30 bits per heavy atom. The van der Waals surface area contributed by atoms with Gasteiger partial charge in [-0.2, -0.15) is 0 Å². The number of ether oxygens (including phenoxy) is 1. The lowest BCUT2D eigenvalue weighted by atomic mass is 9.87. The molecule has 0 spiro atoms. The lowest BCUT2D eigenvalue weighted by Gasteiger charge is -2.19. The van der Waals surface area contributed by atoms with E-state index >= 15 is 0 Å². The Kier molecular flexibility index (Phi) is 6.05. The minimum absolute atomic E-state index is 0.155. The van der Waals surface area contributed by atoms with Gasteiger partial charge in [0.25, 0.3) is 0 Å². The number of amides is 1.